The molecule has 3 N–H and O–H groups in total. The summed E-state index contributed by atoms with van der Waals surface area (Å²) in [6, 6.07) is 9.72. The topological polar surface area (TPSA) is 97.6 Å². The Hall–Kier alpha value is -2.54. The third kappa shape index (κ3) is 4.76. The minimum atomic E-state index is -0.668. The summed E-state index contributed by atoms with van der Waals surface area (Å²) in [6.07, 6.45) is 1.27. The van der Waals surface area contributed by atoms with Crippen LogP contribution in [-0.4, -0.2) is 43.2 Å². The lowest BCUT2D eigenvalue weighted by Gasteiger charge is -2.32. The van der Waals surface area contributed by atoms with Gasteiger partial charge >= 0.3 is 6.09 Å². The van der Waals surface area contributed by atoms with Crippen LogP contribution in [0.15, 0.2) is 30.3 Å². The third-order valence-electron chi connectivity index (χ3n) is 4.46. The molecule has 0 bridgehead atoms. The molecule has 1 saturated heterocycles. The number of hydrogen-bond donors (Lipinski definition) is 2. The molecule has 138 valence electrons. The molecule has 1 aromatic carbocycles. The lowest BCUT2D eigenvalue weighted by molar-refractivity contribution is -0.120. The molecule has 2 heterocycles. The number of hydrogen-bond acceptors (Lipinski definition) is 5. The van der Waals surface area contributed by atoms with Gasteiger partial charge in [-0.1, -0.05) is 11.6 Å². The fraction of sp³-hybridized carbons (Fsp3) is 0.389. The number of primary amides is 1. The number of nitrogens with two attached hydrogens (primary N) is 1. The van der Waals surface area contributed by atoms with E-state index in [0.29, 0.717) is 17.5 Å². The number of rotatable bonds is 5. The Balaban J connectivity index is 1.50. The summed E-state index contributed by atoms with van der Waals surface area (Å²) < 4.78 is 4.68. The molecule has 1 fully saturated rings. The molecule has 1 aliphatic heterocycles. The molecule has 8 heteroatoms. The molecule has 1 aliphatic rings. The number of ether oxygens (including phenoxy) is 1. The zero-order valence-electron chi connectivity index (χ0n) is 14.3. The fourth-order valence-electron chi connectivity index (χ4n) is 3.04. The van der Waals surface area contributed by atoms with Crippen molar-refractivity contribution in [2.24, 2.45) is 11.7 Å². The minimum Gasteiger partial charge on any atom is -0.439 e. The number of aromatic nitrogens is 1. The van der Waals surface area contributed by atoms with Crippen LogP contribution in [0.1, 0.15) is 12.8 Å². The van der Waals surface area contributed by atoms with Crippen molar-refractivity contribution < 1.29 is 14.3 Å². The second kappa shape index (κ2) is 8.23. The van der Waals surface area contributed by atoms with Crippen molar-refractivity contribution in [3.8, 4) is 0 Å². The summed E-state index contributed by atoms with van der Waals surface area (Å²) in [5, 5.41) is 4.40. The van der Waals surface area contributed by atoms with Gasteiger partial charge in [-0.3, -0.25) is 4.79 Å². The molecule has 0 spiro atoms. The third-order valence-corrected chi connectivity index (χ3v) is 4.69. The first-order valence-corrected chi connectivity index (χ1v) is 8.89. The average molecular weight is 377 g/mol. The van der Waals surface area contributed by atoms with Gasteiger partial charge in [0.15, 0.2) is 6.61 Å². The second-order valence-electron chi connectivity index (χ2n) is 6.36. The van der Waals surface area contributed by atoms with E-state index in [1.807, 2.05) is 30.3 Å². The molecule has 0 aliphatic carbocycles. The van der Waals surface area contributed by atoms with E-state index >= 15 is 0 Å². The van der Waals surface area contributed by atoms with Gasteiger partial charge in [-0.15, -0.1) is 0 Å². The molecule has 0 atom stereocenters. The number of carbonyl (C=O) groups excluding carboxylic acids is 2. The lowest BCUT2D eigenvalue weighted by Crippen LogP contribution is -2.39. The number of alkyl carbamates (subject to hydrolysis) is 1. The van der Waals surface area contributed by atoms with Crippen molar-refractivity contribution in [2.75, 3.05) is 31.1 Å². The maximum atomic E-state index is 11.5. The Morgan fingerprint density at radius 2 is 2.04 bits per heavy atom. The minimum absolute atomic E-state index is 0.367. The number of piperidine rings is 1. The van der Waals surface area contributed by atoms with Crippen LogP contribution in [0.25, 0.3) is 10.9 Å². The first kappa shape index (κ1) is 18.3. The fourth-order valence-corrected chi connectivity index (χ4v) is 3.22. The number of nitrogens with zero attached hydrogens (tertiary/aromatic N) is 2. The molecule has 26 heavy (non-hydrogen) atoms. The van der Waals surface area contributed by atoms with Gasteiger partial charge < -0.3 is 20.7 Å². The summed E-state index contributed by atoms with van der Waals surface area (Å²) in [6.45, 7) is 1.86. The quantitative estimate of drug-likeness (QED) is 0.834. The zero-order chi connectivity index (χ0) is 18.5. The van der Waals surface area contributed by atoms with Crippen LogP contribution in [0.5, 0.6) is 0 Å². The number of amides is 2. The van der Waals surface area contributed by atoms with Crippen LogP contribution in [-0.2, 0) is 9.53 Å². The Morgan fingerprint density at radius 1 is 1.27 bits per heavy atom. The normalized spacial score (nSPS) is 15.0. The van der Waals surface area contributed by atoms with Crippen LogP contribution in [0.3, 0.4) is 0 Å². The van der Waals surface area contributed by atoms with Crippen molar-refractivity contribution in [2.45, 2.75) is 12.8 Å². The number of nitrogens with one attached hydrogen (secondary N) is 1. The molecule has 2 amide bonds. The maximum absolute atomic E-state index is 11.5. The van der Waals surface area contributed by atoms with Gasteiger partial charge in [-0.2, -0.15) is 0 Å². The number of fused-ring (bicyclic) bond motifs is 1. The SMILES string of the molecule is NC(=O)COC(=O)NCC1CCN(c2ccc3cc(Cl)ccc3n2)CC1. The van der Waals surface area contributed by atoms with Gasteiger partial charge in [0, 0.05) is 30.0 Å². The van der Waals surface area contributed by atoms with Crippen LogP contribution < -0.4 is 16.0 Å². The van der Waals surface area contributed by atoms with Gasteiger partial charge in [0.1, 0.15) is 5.82 Å². The van der Waals surface area contributed by atoms with Crippen LogP contribution in [0, 0.1) is 5.92 Å². The van der Waals surface area contributed by atoms with Crippen molar-refractivity contribution in [3.63, 3.8) is 0 Å². The highest BCUT2D eigenvalue weighted by atomic mass is 35.5. The van der Waals surface area contributed by atoms with Gasteiger partial charge in [0.2, 0.25) is 0 Å². The van der Waals surface area contributed by atoms with E-state index in [1.165, 1.54) is 0 Å². The number of benzene rings is 1. The van der Waals surface area contributed by atoms with Crippen molar-refractivity contribution >= 4 is 40.3 Å². The van der Waals surface area contributed by atoms with Gasteiger partial charge in [-0.05, 0) is 49.1 Å². The number of halogens is 1. The van der Waals surface area contributed by atoms with Crippen molar-refractivity contribution in [3.05, 3.63) is 35.4 Å². The van der Waals surface area contributed by atoms with E-state index in [1.54, 1.807) is 0 Å². The van der Waals surface area contributed by atoms with E-state index in [4.69, 9.17) is 22.3 Å². The van der Waals surface area contributed by atoms with Gasteiger partial charge in [-0.25, -0.2) is 9.78 Å². The van der Waals surface area contributed by atoms with Crippen LogP contribution >= 0.6 is 11.6 Å². The van der Waals surface area contributed by atoms with Crippen LogP contribution in [0.4, 0.5) is 10.6 Å². The second-order valence-corrected chi connectivity index (χ2v) is 6.80. The molecule has 0 unspecified atom stereocenters. The molecule has 7 nitrogen and oxygen atoms in total. The lowest BCUT2D eigenvalue weighted by atomic mass is 9.97. The predicted molar refractivity (Wildman–Crippen MR) is 100 cm³/mol. The summed E-state index contributed by atoms with van der Waals surface area (Å²) in [4.78, 5) is 29.0. The molecular formula is C18H21ClN4O3. The summed E-state index contributed by atoms with van der Waals surface area (Å²) in [5.74, 6) is 0.650. The Morgan fingerprint density at radius 3 is 2.77 bits per heavy atom. The first-order chi connectivity index (χ1) is 12.5. The summed E-state index contributed by atoms with van der Waals surface area (Å²) in [5.41, 5.74) is 5.85. The van der Waals surface area contributed by atoms with E-state index in [-0.39, 0.29) is 0 Å². The number of anilines is 1. The largest absolute Gasteiger partial charge is 0.439 e. The highest BCUT2D eigenvalue weighted by Gasteiger charge is 2.21. The highest BCUT2D eigenvalue weighted by Crippen LogP contribution is 2.25. The molecule has 3 rings (SSSR count). The average Bonchev–Trinajstić information content (AvgIpc) is 2.64. The van der Waals surface area contributed by atoms with Gasteiger partial charge in [0.25, 0.3) is 5.91 Å². The zero-order valence-corrected chi connectivity index (χ0v) is 15.0. The Labute approximate surface area is 156 Å². The monoisotopic (exact) mass is 376 g/mol. The van der Waals surface area contributed by atoms with Crippen molar-refractivity contribution in [1.29, 1.82) is 0 Å². The smallest absolute Gasteiger partial charge is 0.407 e. The van der Waals surface area contributed by atoms with Gasteiger partial charge in [0.05, 0.1) is 5.52 Å². The molecule has 1 aromatic heterocycles. The Bertz CT molecular complexity index is 806. The standard InChI is InChI=1S/C18H21ClN4O3/c19-14-2-3-15-13(9-14)1-4-17(22-15)23-7-5-12(6-8-23)10-21-18(25)26-11-16(20)24/h1-4,9,12H,5-8,10-11H2,(H2,20,24)(H,21,25). The highest BCUT2D eigenvalue weighted by molar-refractivity contribution is 6.31. The van der Waals surface area contributed by atoms with Crippen molar-refractivity contribution in [1.82, 2.24) is 10.3 Å². The maximum Gasteiger partial charge on any atom is 0.407 e. The summed E-state index contributed by atoms with van der Waals surface area (Å²) >= 11 is 6.01. The molecule has 0 saturated carbocycles. The van der Waals surface area contributed by atoms with E-state index in [2.05, 4.69) is 15.0 Å². The summed E-state index contributed by atoms with van der Waals surface area (Å²) in [7, 11) is 0. The molecule has 2 aromatic rings. The number of pyridine rings is 1. The predicted octanol–water partition coefficient (Wildman–Crippen LogP) is 2.32. The van der Waals surface area contributed by atoms with Crippen LogP contribution in [0.2, 0.25) is 5.02 Å². The number of carbonyl (C=O) groups is 2. The Kier molecular flexibility index (Phi) is 5.78. The van der Waals surface area contributed by atoms with E-state index in [0.717, 1.165) is 42.7 Å². The first-order valence-electron chi connectivity index (χ1n) is 8.51. The van der Waals surface area contributed by atoms with E-state index in [9.17, 15) is 9.59 Å². The molecular weight excluding hydrogens is 356 g/mol. The van der Waals surface area contributed by atoms with E-state index < -0.39 is 18.6 Å². The molecule has 0 radical (unpaired) electrons.